The highest BCUT2D eigenvalue weighted by molar-refractivity contribution is 7.99. The number of hydrogen-bond acceptors (Lipinski definition) is 3. The molecule has 0 atom stereocenters. The van der Waals surface area contributed by atoms with Gasteiger partial charge in [0, 0.05) is 7.05 Å². The molecule has 0 aromatic carbocycles. The lowest BCUT2D eigenvalue weighted by Crippen LogP contribution is -2.30. The molecule has 1 saturated heterocycles. The fourth-order valence-electron chi connectivity index (χ4n) is 1.13. The van der Waals surface area contributed by atoms with Gasteiger partial charge in [0.2, 0.25) is 0 Å². The van der Waals surface area contributed by atoms with Crippen LogP contribution < -0.4 is 0 Å². The molecular weight excluding hydrogens is 148 g/mol. The van der Waals surface area contributed by atoms with Gasteiger partial charge in [-0.15, -0.1) is 4.91 Å². The summed E-state index contributed by atoms with van der Waals surface area (Å²) in [4.78, 5) is 10.1. The largest absolute Gasteiger partial charge is 0.261 e. The molecule has 1 fully saturated rings. The van der Waals surface area contributed by atoms with E-state index in [1.165, 1.54) is 11.5 Å². The Morgan fingerprint density at radius 3 is 2.60 bits per heavy atom. The Labute approximate surface area is 65.1 Å². The summed E-state index contributed by atoms with van der Waals surface area (Å²) in [6.07, 6.45) is 2.21. The molecule has 10 heavy (non-hydrogen) atoms. The summed E-state index contributed by atoms with van der Waals surface area (Å²) in [6.45, 7) is 0. The highest BCUT2D eigenvalue weighted by atomic mass is 32.2. The van der Waals surface area contributed by atoms with E-state index in [4.69, 9.17) is 0 Å². The van der Waals surface area contributed by atoms with Crippen LogP contribution in [0.1, 0.15) is 12.8 Å². The molecule has 1 heterocycles. The van der Waals surface area contributed by atoms with Crippen LogP contribution in [-0.2, 0) is 0 Å². The van der Waals surface area contributed by atoms with Gasteiger partial charge < -0.3 is 0 Å². The summed E-state index contributed by atoms with van der Waals surface area (Å²) >= 11 is 1.96. The first-order chi connectivity index (χ1) is 4.84. The predicted molar refractivity (Wildman–Crippen MR) is 43.9 cm³/mol. The van der Waals surface area contributed by atoms with Crippen molar-refractivity contribution in [1.29, 1.82) is 0 Å². The van der Waals surface area contributed by atoms with Crippen molar-refractivity contribution >= 4 is 11.8 Å². The number of hydrogen-bond donors (Lipinski definition) is 0. The zero-order valence-electron chi connectivity index (χ0n) is 6.12. The van der Waals surface area contributed by atoms with Crippen LogP contribution in [0.5, 0.6) is 0 Å². The molecule has 58 valence electrons. The van der Waals surface area contributed by atoms with Crippen LogP contribution in [0.3, 0.4) is 0 Å². The van der Waals surface area contributed by atoms with E-state index < -0.39 is 0 Å². The monoisotopic (exact) mass is 160 g/mol. The Hall–Kier alpha value is -0.250. The van der Waals surface area contributed by atoms with Gasteiger partial charge in [-0.05, 0) is 24.3 Å². The molecule has 0 N–H and O–H groups in total. The van der Waals surface area contributed by atoms with E-state index in [2.05, 4.69) is 5.29 Å². The van der Waals surface area contributed by atoms with E-state index >= 15 is 0 Å². The van der Waals surface area contributed by atoms with Gasteiger partial charge in [0.15, 0.2) is 0 Å². The second-order valence-electron chi connectivity index (χ2n) is 2.50. The molecule has 0 radical (unpaired) electrons. The summed E-state index contributed by atoms with van der Waals surface area (Å²) in [5.74, 6) is 2.34. The maximum Gasteiger partial charge on any atom is 0.0523 e. The maximum atomic E-state index is 10.1. The van der Waals surface area contributed by atoms with Gasteiger partial charge in [-0.2, -0.15) is 11.8 Å². The maximum absolute atomic E-state index is 10.1. The highest BCUT2D eigenvalue weighted by Gasteiger charge is 2.17. The Kier molecular flexibility index (Phi) is 2.99. The van der Waals surface area contributed by atoms with Gasteiger partial charge in [0.25, 0.3) is 0 Å². The van der Waals surface area contributed by atoms with E-state index in [1.807, 2.05) is 11.8 Å². The van der Waals surface area contributed by atoms with Gasteiger partial charge in [0.05, 0.1) is 11.3 Å². The summed E-state index contributed by atoms with van der Waals surface area (Å²) in [5, 5.41) is 4.43. The van der Waals surface area contributed by atoms with Gasteiger partial charge in [0.1, 0.15) is 0 Å². The lowest BCUT2D eigenvalue weighted by molar-refractivity contribution is 0.236. The molecule has 0 spiro atoms. The van der Waals surface area contributed by atoms with Crippen LogP contribution in [0.15, 0.2) is 5.29 Å². The molecule has 1 aliphatic rings. The Morgan fingerprint density at radius 2 is 2.10 bits per heavy atom. The lowest BCUT2D eigenvalue weighted by Gasteiger charge is -2.25. The van der Waals surface area contributed by atoms with Gasteiger partial charge in [-0.25, -0.2) is 0 Å². The molecule has 0 bridgehead atoms. The third-order valence-electron chi connectivity index (χ3n) is 1.85. The number of nitroso groups, excluding NO2 is 1. The van der Waals surface area contributed by atoms with E-state index in [0.29, 0.717) is 6.04 Å². The van der Waals surface area contributed by atoms with Gasteiger partial charge in [-0.1, -0.05) is 0 Å². The van der Waals surface area contributed by atoms with Crippen LogP contribution >= 0.6 is 11.8 Å². The molecule has 0 unspecified atom stereocenters. The van der Waals surface area contributed by atoms with Crippen molar-refractivity contribution in [3.63, 3.8) is 0 Å². The van der Waals surface area contributed by atoms with E-state index in [9.17, 15) is 4.91 Å². The highest BCUT2D eigenvalue weighted by Crippen LogP contribution is 2.20. The van der Waals surface area contributed by atoms with E-state index in [0.717, 1.165) is 12.8 Å². The zero-order valence-corrected chi connectivity index (χ0v) is 6.93. The van der Waals surface area contributed by atoms with Crippen LogP contribution in [0.4, 0.5) is 0 Å². The fourth-order valence-corrected chi connectivity index (χ4v) is 2.21. The first-order valence-corrected chi connectivity index (χ1v) is 4.64. The molecule has 0 aliphatic carbocycles. The van der Waals surface area contributed by atoms with E-state index in [-0.39, 0.29) is 0 Å². The van der Waals surface area contributed by atoms with Crippen LogP contribution in [-0.4, -0.2) is 29.6 Å². The molecule has 0 aromatic rings. The zero-order chi connectivity index (χ0) is 7.40. The minimum absolute atomic E-state index is 0.402. The van der Waals surface area contributed by atoms with Crippen molar-refractivity contribution in [3.8, 4) is 0 Å². The molecule has 1 aliphatic heterocycles. The summed E-state index contributed by atoms with van der Waals surface area (Å²) in [5.41, 5.74) is 0. The predicted octanol–water partition coefficient (Wildman–Crippen LogP) is 1.50. The van der Waals surface area contributed by atoms with Gasteiger partial charge in [-0.3, -0.25) is 5.01 Å². The van der Waals surface area contributed by atoms with Crippen molar-refractivity contribution < 1.29 is 0 Å². The number of rotatable bonds is 2. The van der Waals surface area contributed by atoms with Crippen LogP contribution in [0.2, 0.25) is 0 Å². The molecule has 3 nitrogen and oxygen atoms in total. The molecule has 0 aromatic heterocycles. The van der Waals surface area contributed by atoms with Crippen molar-refractivity contribution in [2.75, 3.05) is 18.6 Å². The Morgan fingerprint density at radius 1 is 1.50 bits per heavy atom. The summed E-state index contributed by atoms with van der Waals surface area (Å²) in [7, 11) is 1.76. The van der Waals surface area contributed by atoms with Crippen LogP contribution in [0, 0.1) is 4.91 Å². The SMILES string of the molecule is CN(N=O)C1CCSCC1. The molecular formula is C6H12N2OS. The average Bonchev–Trinajstić information content (AvgIpc) is 2.05. The lowest BCUT2D eigenvalue weighted by atomic mass is 10.1. The second kappa shape index (κ2) is 3.81. The topological polar surface area (TPSA) is 32.7 Å². The third kappa shape index (κ3) is 1.87. The summed E-state index contributed by atoms with van der Waals surface area (Å²) < 4.78 is 0. The number of nitrogens with zero attached hydrogens (tertiary/aromatic N) is 2. The minimum atomic E-state index is 0.402. The van der Waals surface area contributed by atoms with Crippen molar-refractivity contribution in [2.45, 2.75) is 18.9 Å². The first kappa shape index (κ1) is 7.85. The second-order valence-corrected chi connectivity index (χ2v) is 3.72. The third-order valence-corrected chi connectivity index (χ3v) is 2.90. The van der Waals surface area contributed by atoms with Crippen molar-refractivity contribution in [1.82, 2.24) is 5.01 Å². The molecule has 0 amide bonds. The van der Waals surface area contributed by atoms with E-state index in [1.54, 1.807) is 12.1 Å². The first-order valence-electron chi connectivity index (χ1n) is 3.48. The minimum Gasteiger partial charge on any atom is -0.261 e. The van der Waals surface area contributed by atoms with Crippen molar-refractivity contribution in [3.05, 3.63) is 4.91 Å². The quantitative estimate of drug-likeness (QED) is 0.453. The molecule has 1 rings (SSSR count). The molecule has 0 saturated carbocycles. The van der Waals surface area contributed by atoms with Crippen LogP contribution in [0.25, 0.3) is 0 Å². The Bertz CT molecular complexity index is 114. The fraction of sp³-hybridized carbons (Fsp3) is 1.00. The average molecular weight is 160 g/mol. The smallest absolute Gasteiger partial charge is 0.0523 e. The normalized spacial score (nSPS) is 20.5. The standard InChI is InChI=1S/C6H12N2OS/c1-8(7-9)6-2-4-10-5-3-6/h6H,2-5H2,1H3. The molecule has 4 heteroatoms. The Balaban J connectivity index is 2.30. The number of thioether (sulfide) groups is 1. The summed E-state index contributed by atoms with van der Waals surface area (Å²) in [6, 6.07) is 0.402. The van der Waals surface area contributed by atoms with Gasteiger partial charge >= 0.3 is 0 Å². The van der Waals surface area contributed by atoms with Crippen molar-refractivity contribution in [2.24, 2.45) is 5.29 Å².